The maximum absolute atomic E-state index is 12.0. The van der Waals surface area contributed by atoms with Crippen molar-refractivity contribution < 1.29 is 4.79 Å². The molecule has 2 aromatic rings. The molecule has 98 valence electrons. The lowest BCUT2D eigenvalue weighted by Gasteiger charge is -2.07. The molecule has 0 aliphatic carbocycles. The number of pyridine rings is 1. The van der Waals surface area contributed by atoms with Crippen LogP contribution in [-0.4, -0.2) is 10.9 Å². The molecule has 0 aliphatic heterocycles. The van der Waals surface area contributed by atoms with Crippen molar-refractivity contribution in [3.05, 3.63) is 55.7 Å². The van der Waals surface area contributed by atoms with Crippen LogP contribution in [0.4, 0.5) is 5.69 Å². The van der Waals surface area contributed by atoms with Crippen LogP contribution in [-0.2, 0) is 0 Å². The number of nitrogens with zero attached hydrogens (tertiary/aromatic N) is 1. The molecule has 19 heavy (non-hydrogen) atoms. The molecule has 1 heterocycles. The van der Waals surface area contributed by atoms with E-state index in [9.17, 15) is 4.79 Å². The summed E-state index contributed by atoms with van der Waals surface area (Å²) in [6, 6.07) is 6.59. The Morgan fingerprint density at radius 1 is 1.16 bits per heavy atom. The molecule has 3 nitrogen and oxygen atoms in total. The van der Waals surface area contributed by atoms with Crippen molar-refractivity contribution in [2.24, 2.45) is 0 Å². The predicted molar refractivity (Wildman–Crippen MR) is 81.4 cm³/mol. The van der Waals surface area contributed by atoms with Crippen LogP contribution in [0.1, 0.15) is 10.4 Å². The third-order valence-electron chi connectivity index (χ3n) is 2.24. The fraction of sp³-hybridized carbons (Fsp3) is 0. The lowest BCUT2D eigenvalue weighted by molar-refractivity contribution is 0.102. The van der Waals surface area contributed by atoms with Gasteiger partial charge in [-0.1, -0.05) is 50.7 Å². The number of hydrogen-bond acceptors (Lipinski definition) is 2. The fourth-order valence-electron chi connectivity index (χ4n) is 1.33. The van der Waals surface area contributed by atoms with E-state index in [4.69, 9.17) is 34.8 Å². The molecule has 0 bridgehead atoms. The first-order valence-electron chi connectivity index (χ1n) is 5.05. The van der Waals surface area contributed by atoms with Gasteiger partial charge in [0.1, 0.15) is 5.15 Å². The zero-order valence-electron chi connectivity index (χ0n) is 9.25. The van der Waals surface area contributed by atoms with Crippen molar-refractivity contribution in [2.45, 2.75) is 0 Å². The van der Waals surface area contributed by atoms with E-state index in [0.717, 1.165) is 4.47 Å². The van der Waals surface area contributed by atoms with Crippen molar-refractivity contribution in [2.75, 3.05) is 5.32 Å². The number of carbonyl (C=O) groups is 1. The summed E-state index contributed by atoms with van der Waals surface area (Å²) >= 11 is 20.8. The average Bonchev–Trinajstić information content (AvgIpc) is 2.36. The molecule has 0 saturated carbocycles. The molecule has 0 saturated heterocycles. The molecule has 0 atom stereocenters. The van der Waals surface area contributed by atoms with Crippen molar-refractivity contribution in [3.63, 3.8) is 0 Å². The molecular formula is C12H6BrCl3N2O. The second-order valence-electron chi connectivity index (χ2n) is 3.57. The van der Waals surface area contributed by atoms with Gasteiger partial charge in [-0.2, -0.15) is 0 Å². The lowest BCUT2D eigenvalue weighted by Crippen LogP contribution is -2.12. The first-order chi connectivity index (χ1) is 8.97. The molecule has 0 radical (unpaired) electrons. The van der Waals surface area contributed by atoms with Gasteiger partial charge in [0, 0.05) is 10.7 Å². The number of aromatic nitrogens is 1. The summed E-state index contributed by atoms with van der Waals surface area (Å²) in [5.41, 5.74) is 0.800. The van der Waals surface area contributed by atoms with Crippen molar-refractivity contribution >= 4 is 62.3 Å². The smallest absolute Gasteiger partial charge is 0.257 e. The molecule has 0 fully saturated rings. The zero-order valence-corrected chi connectivity index (χ0v) is 13.1. The topological polar surface area (TPSA) is 42.0 Å². The Balaban J connectivity index is 2.23. The largest absolute Gasteiger partial charge is 0.321 e. The predicted octanol–water partition coefficient (Wildman–Crippen LogP) is 5.06. The summed E-state index contributed by atoms with van der Waals surface area (Å²) < 4.78 is 0.826. The second kappa shape index (κ2) is 6.09. The van der Waals surface area contributed by atoms with Gasteiger partial charge in [0.15, 0.2) is 0 Å². The Morgan fingerprint density at radius 2 is 1.89 bits per heavy atom. The zero-order chi connectivity index (χ0) is 14.0. The van der Waals surface area contributed by atoms with Crippen molar-refractivity contribution in [3.8, 4) is 0 Å². The Hall–Kier alpha value is -0.810. The molecule has 0 aliphatic rings. The monoisotopic (exact) mass is 378 g/mol. The molecule has 2 rings (SSSR count). The Morgan fingerprint density at radius 3 is 2.53 bits per heavy atom. The van der Waals surface area contributed by atoms with E-state index in [-0.39, 0.29) is 16.1 Å². The van der Waals surface area contributed by atoms with Gasteiger partial charge in [0.25, 0.3) is 5.91 Å². The molecule has 1 aromatic carbocycles. The third-order valence-corrected chi connectivity index (χ3v) is 3.73. The number of halogens is 4. The number of benzene rings is 1. The first-order valence-corrected chi connectivity index (χ1v) is 6.97. The van der Waals surface area contributed by atoms with E-state index in [1.165, 1.54) is 12.3 Å². The van der Waals surface area contributed by atoms with Crippen LogP contribution in [0.15, 0.2) is 34.9 Å². The number of carbonyl (C=O) groups excluding carboxylic acids is 1. The summed E-state index contributed by atoms with van der Waals surface area (Å²) in [4.78, 5) is 15.8. The van der Waals surface area contributed by atoms with Crippen LogP contribution < -0.4 is 5.32 Å². The van der Waals surface area contributed by atoms with Crippen LogP contribution in [0.25, 0.3) is 0 Å². The molecule has 1 N–H and O–H groups in total. The highest BCUT2D eigenvalue weighted by molar-refractivity contribution is 9.10. The molecule has 0 spiro atoms. The van der Waals surface area contributed by atoms with Gasteiger partial charge < -0.3 is 5.32 Å². The Bertz CT molecular complexity index is 649. The van der Waals surface area contributed by atoms with E-state index in [2.05, 4.69) is 26.2 Å². The number of hydrogen-bond donors (Lipinski definition) is 1. The van der Waals surface area contributed by atoms with Gasteiger partial charge in [0.2, 0.25) is 0 Å². The first kappa shape index (κ1) is 14.6. The minimum atomic E-state index is -0.365. The summed E-state index contributed by atoms with van der Waals surface area (Å²) in [5.74, 6) is -0.365. The minimum Gasteiger partial charge on any atom is -0.321 e. The van der Waals surface area contributed by atoms with Gasteiger partial charge in [-0.25, -0.2) is 4.98 Å². The highest BCUT2D eigenvalue weighted by Crippen LogP contribution is 2.26. The number of anilines is 1. The van der Waals surface area contributed by atoms with Gasteiger partial charge in [-0.05, 0) is 24.3 Å². The van der Waals surface area contributed by atoms with Crippen LogP contribution >= 0.6 is 50.7 Å². The van der Waals surface area contributed by atoms with Crippen molar-refractivity contribution in [1.29, 1.82) is 0 Å². The minimum absolute atomic E-state index is 0.153. The van der Waals surface area contributed by atoms with Gasteiger partial charge in [-0.15, -0.1) is 0 Å². The van der Waals surface area contributed by atoms with E-state index in [1.54, 1.807) is 18.2 Å². The Kier molecular flexibility index (Phi) is 4.68. The second-order valence-corrected chi connectivity index (χ2v) is 5.66. The van der Waals surface area contributed by atoms with Crippen LogP contribution in [0.2, 0.25) is 15.2 Å². The maximum Gasteiger partial charge on any atom is 0.257 e. The highest BCUT2D eigenvalue weighted by Gasteiger charge is 2.11. The number of amides is 1. The molecule has 0 unspecified atom stereocenters. The van der Waals surface area contributed by atoms with Gasteiger partial charge >= 0.3 is 0 Å². The van der Waals surface area contributed by atoms with Crippen LogP contribution in [0.3, 0.4) is 0 Å². The summed E-state index contributed by atoms with van der Waals surface area (Å²) in [5, 5.41) is 3.46. The van der Waals surface area contributed by atoms with Crippen LogP contribution in [0.5, 0.6) is 0 Å². The Labute approximate surface area is 133 Å². The average molecular weight is 380 g/mol. The van der Waals surface area contributed by atoms with Gasteiger partial charge in [-0.3, -0.25) is 4.79 Å². The third kappa shape index (κ3) is 3.60. The summed E-state index contributed by atoms with van der Waals surface area (Å²) in [6.45, 7) is 0. The highest BCUT2D eigenvalue weighted by atomic mass is 79.9. The standard InChI is InChI=1S/C12H6BrCl3N2O/c13-7-1-2-10(8(14)4-7)18-12(19)6-3-9(15)11(16)17-5-6/h1-5H,(H,18,19). The molecule has 1 amide bonds. The van der Waals surface area contributed by atoms with E-state index in [0.29, 0.717) is 16.3 Å². The number of nitrogens with one attached hydrogen (secondary N) is 1. The summed E-state index contributed by atoms with van der Waals surface area (Å²) in [6.07, 6.45) is 1.34. The molecule has 7 heteroatoms. The summed E-state index contributed by atoms with van der Waals surface area (Å²) in [7, 11) is 0. The fourth-order valence-corrected chi connectivity index (χ4v) is 2.32. The van der Waals surface area contributed by atoms with E-state index < -0.39 is 0 Å². The van der Waals surface area contributed by atoms with Gasteiger partial charge in [0.05, 0.1) is 21.3 Å². The SMILES string of the molecule is O=C(Nc1ccc(Br)cc1Cl)c1cnc(Cl)c(Cl)c1. The van der Waals surface area contributed by atoms with Crippen molar-refractivity contribution in [1.82, 2.24) is 4.98 Å². The molecule has 1 aromatic heterocycles. The quantitative estimate of drug-likeness (QED) is 0.740. The van der Waals surface area contributed by atoms with E-state index >= 15 is 0 Å². The maximum atomic E-state index is 12.0. The lowest BCUT2D eigenvalue weighted by atomic mass is 10.2. The van der Waals surface area contributed by atoms with E-state index in [1.807, 2.05) is 0 Å². The number of rotatable bonds is 2. The normalized spacial score (nSPS) is 10.3. The molecular weight excluding hydrogens is 374 g/mol. The van der Waals surface area contributed by atoms with Crippen LogP contribution in [0, 0.1) is 0 Å².